The van der Waals surface area contributed by atoms with Gasteiger partial charge in [-0.3, -0.25) is 4.79 Å². The highest BCUT2D eigenvalue weighted by molar-refractivity contribution is 7.91. The number of carbonyl (C=O) groups is 1. The van der Waals surface area contributed by atoms with Crippen LogP contribution in [0.25, 0.3) is 0 Å². The van der Waals surface area contributed by atoms with Crippen molar-refractivity contribution in [2.75, 3.05) is 18.6 Å². The Hall–Kier alpha value is -0.420. The third-order valence-corrected chi connectivity index (χ3v) is 6.02. The zero-order valence-electron chi connectivity index (χ0n) is 12.2. The van der Waals surface area contributed by atoms with Crippen LogP contribution < -0.4 is 5.32 Å². The van der Waals surface area contributed by atoms with E-state index in [-0.39, 0.29) is 22.8 Å². The molecule has 0 amide bonds. The monoisotopic (exact) mass is 289 g/mol. The van der Waals surface area contributed by atoms with Crippen LogP contribution in [0.4, 0.5) is 0 Å². The molecule has 1 aliphatic carbocycles. The van der Waals surface area contributed by atoms with Gasteiger partial charge in [0.25, 0.3) is 0 Å². The lowest BCUT2D eigenvalue weighted by molar-refractivity contribution is -0.120. The molecule has 0 radical (unpaired) electrons. The Balaban J connectivity index is 2.37. The first-order valence-corrected chi connectivity index (χ1v) is 9.16. The SMILES string of the molecule is CCS(=O)(=O)CCCC(=O)CC1(NC)CCCCC1. The van der Waals surface area contributed by atoms with E-state index in [4.69, 9.17) is 0 Å². The Kier molecular flexibility index (Phi) is 6.47. The van der Waals surface area contributed by atoms with Gasteiger partial charge in [0.1, 0.15) is 15.6 Å². The lowest BCUT2D eigenvalue weighted by Crippen LogP contribution is -2.46. The lowest BCUT2D eigenvalue weighted by Gasteiger charge is -2.36. The maximum atomic E-state index is 12.0. The van der Waals surface area contributed by atoms with Crippen LogP contribution in [-0.2, 0) is 14.6 Å². The Labute approximate surface area is 117 Å². The molecule has 1 aliphatic rings. The highest BCUT2D eigenvalue weighted by Gasteiger charge is 2.32. The van der Waals surface area contributed by atoms with E-state index in [9.17, 15) is 13.2 Å². The number of hydrogen-bond donors (Lipinski definition) is 1. The van der Waals surface area contributed by atoms with E-state index in [0.29, 0.717) is 19.3 Å². The minimum atomic E-state index is -2.94. The summed E-state index contributed by atoms with van der Waals surface area (Å²) in [6, 6.07) is 0. The van der Waals surface area contributed by atoms with Crippen LogP contribution in [0, 0.1) is 0 Å². The zero-order chi connectivity index (χ0) is 14.4. The summed E-state index contributed by atoms with van der Waals surface area (Å²) < 4.78 is 22.7. The second-order valence-electron chi connectivity index (χ2n) is 5.65. The number of sulfone groups is 1. The van der Waals surface area contributed by atoms with E-state index in [1.165, 1.54) is 19.3 Å². The third kappa shape index (κ3) is 5.61. The number of Topliss-reactive ketones (excluding diaryl/α,β-unsaturated/α-hetero) is 1. The first-order valence-electron chi connectivity index (χ1n) is 7.34. The Morgan fingerprint density at radius 1 is 1.21 bits per heavy atom. The Bertz CT molecular complexity index is 383. The van der Waals surface area contributed by atoms with E-state index in [1.54, 1.807) is 6.92 Å². The summed E-state index contributed by atoms with van der Waals surface area (Å²) in [5, 5.41) is 3.33. The van der Waals surface area contributed by atoms with Gasteiger partial charge in [0.05, 0.1) is 5.75 Å². The molecule has 1 fully saturated rings. The fraction of sp³-hybridized carbons (Fsp3) is 0.929. The smallest absolute Gasteiger partial charge is 0.150 e. The molecule has 1 saturated carbocycles. The minimum Gasteiger partial charge on any atom is -0.314 e. The van der Waals surface area contributed by atoms with Crippen molar-refractivity contribution in [3.05, 3.63) is 0 Å². The highest BCUT2D eigenvalue weighted by atomic mass is 32.2. The molecule has 0 spiro atoms. The van der Waals surface area contributed by atoms with Crippen molar-refractivity contribution in [3.63, 3.8) is 0 Å². The first-order chi connectivity index (χ1) is 8.93. The van der Waals surface area contributed by atoms with Crippen LogP contribution in [0.2, 0.25) is 0 Å². The number of hydrogen-bond acceptors (Lipinski definition) is 4. The topological polar surface area (TPSA) is 63.2 Å². The summed E-state index contributed by atoms with van der Waals surface area (Å²) in [5.74, 6) is 0.506. The van der Waals surface area contributed by atoms with Gasteiger partial charge in [0.15, 0.2) is 0 Å². The van der Waals surface area contributed by atoms with Crippen LogP contribution in [-0.4, -0.2) is 38.3 Å². The largest absolute Gasteiger partial charge is 0.314 e. The quantitative estimate of drug-likeness (QED) is 0.743. The van der Waals surface area contributed by atoms with Crippen LogP contribution in [0.5, 0.6) is 0 Å². The van der Waals surface area contributed by atoms with Crippen LogP contribution in [0.3, 0.4) is 0 Å². The molecule has 1 N–H and O–H groups in total. The summed E-state index contributed by atoms with van der Waals surface area (Å²) in [6.07, 6.45) is 7.14. The summed E-state index contributed by atoms with van der Waals surface area (Å²) in [4.78, 5) is 12.0. The molecular formula is C14H27NO3S. The van der Waals surface area contributed by atoms with E-state index < -0.39 is 9.84 Å². The molecule has 0 aromatic carbocycles. The van der Waals surface area contributed by atoms with Gasteiger partial charge in [-0.15, -0.1) is 0 Å². The Morgan fingerprint density at radius 2 is 1.84 bits per heavy atom. The molecule has 0 aromatic rings. The molecule has 0 heterocycles. The molecule has 1 rings (SSSR count). The van der Waals surface area contributed by atoms with Gasteiger partial charge >= 0.3 is 0 Å². The molecule has 112 valence electrons. The number of carbonyl (C=O) groups excluding carboxylic acids is 1. The van der Waals surface area contributed by atoms with E-state index in [2.05, 4.69) is 5.32 Å². The molecule has 0 aliphatic heterocycles. The van der Waals surface area contributed by atoms with Gasteiger partial charge in [-0.2, -0.15) is 0 Å². The summed E-state index contributed by atoms with van der Waals surface area (Å²) in [5.41, 5.74) is -0.0288. The zero-order valence-corrected chi connectivity index (χ0v) is 13.0. The van der Waals surface area contributed by atoms with Crippen molar-refractivity contribution in [1.82, 2.24) is 5.32 Å². The highest BCUT2D eigenvalue weighted by Crippen LogP contribution is 2.31. The predicted molar refractivity (Wildman–Crippen MR) is 78.1 cm³/mol. The molecule has 4 nitrogen and oxygen atoms in total. The van der Waals surface area contributed by atoms with Gasteiger partial charge in [-0.1, -0.05) is 26.2 Å². The number of rotatable bonds is 8. The molecule has 19 heavy (non-hydrogen) atoms. The summed E-state index contributed by atoms with van der Waals surface area (Å²) in [7, 11) is -1.01. The van der Waals surface area contributed by atoms with Gasteiger partial charge < -0.3 is 5.32 Å². The van der Waals surface area contributed by atoms with E-state index in [1.807, 2.05) is 7.05 Å². The molecule has 0 atom stereocenters. The predicted octanol–water partition coefficient (Wildman–Crippen LogP) is 2.08. The number of nitrogens with one attached hydrogen (secondary N) is 1. The lowest BCUT2D eigenvalue weighted by atomic mass is 9.78. The maximum absolute atomic E-state index is 12.0. The fourth-order valence-electron chi connectivity index (χ4n) is 2.84. The van der Waals surface area contributed by atoms with Gasteiger partial charge in [-0.05, 0) is 26.3 Å². The van der Waals surface area contributed by atoms with Crippen LogP contribution in [0.1, 0.15) is 58.3 Å². The molecule has 0 bridgehead atoms. The van der Waals surface area contributed by atoms with E-state index >= 15 is 0 Å². The molecular weight excluding hydrogens is 262 g/mol. The second kappa shape index (κ2) is 7.39. The van der Waals surface area contributed by atoms with Crippen molar-refractivity contribution in [1.29, 1.82) is 0 Å². The normalized spacial score (nSPS) is 19.3. The number of ketones is 1. The van der Waals surface area contributed by atoms with Gasteiger partial charge in [0.2, 0.25) is 0 Å². The van der Waals surface area contributed by atoms with Crippen molar-refractivity contribution in [2.45, 2.75) is 63.8 Å². The third-order valence-electron chi connectivity index (χ3n) is 4.23. The molecule has 0 aromatic heterocycles. The maximum Gasteiger partial charge on any atom is 0.150 e. The van der Waals surface area contributed by atoms with Crippen LogP contribution in [0.15, 0.2) is 0 Å². The molecule has 5 heteroatoms. The first kappa shape index (κ1) is 16.6. The van der Waals surface area contributed by atoms with Gasteiger partial charge in [0, 0.05) is 24.1 Å². The average molecular weight is 289 g/mol. The average Bonchev–Trinajstić information content (AvgIpc) is 2.39. The van der Waals surface area contributed by atoms with Crippen molar-refractivity contribution < 1.29 is 13.2 Å². The van der Waals surface area contributed by atoms with Gasteiger partial charge in [-0.25, -0.2) is 8.42 Å². The molecule has 0 unspecified atom stereocenters. The van der Waals surface area contributed by atoms with E-state index in [0.717, 1.165) is 12.8 Å². The van der Waals surface area contributed by atoms with Crippen molar-refractivity contribution >= 4 is 15.6 Å². The minimum absolute atomic E-state index is 0.0288. The van der Waals surface area contributed by atoms with Crippen molar-refractivity contribution in [2.24, 2.45) is 0 Å². The Morgan fingerprint density at radius 3 is 2.37 bits per heavy atom. The summed E-state index contributed by atoms with van der Waals surface area (Å²) >= 11 is 0. The standard InChI is InChI=1S/C14H27NO3S/c1-3-19(17,18)11-7-8-13(16)12-14(15-2)9-5-4-6-10-14/h15H,3-12H2,1-2H3. The van der Waals surface area contributed by atoms with Crippen LogP contribution >= 0.6 is 0 Å². The van der Waals surface area contributed by atoms with Crippen molar-refractivity contribution in [3.8, 4) is 0 Å². The molecule has 0 saturated heterocycles. The fourth-order valence-corrected chi connectivity index (χ4v) is 3.72. The summed E-state index contributed by atoms with van der Waals surface area (Å²) in [6.45, 7) is 1.65. The second-order valence-corrected chi connectivity index (χ2v) is 8.12.